The Morgan fingerprint density at radius 3 is 2.50 bits per heavy atom. The highest BCUT2D eigenvalue weighted by molar-refractivity contribution is 4.71. The first-order chi connectivity index (χ1) is 7.74. The van der Waals surface area contributed by atoms with Crippen LogP contribution in [0.2, 0.25) is 0 Å². The zero-order chi connectivity index (χ0) is 11.8. The molecule has 0 amide bonds. The summed E-state index contributed by atoms with van der Waals surface area (Å²) in [5.74, 6) is 1.69. The quantitative estimate of drug-likeness (QED) is 0.643. The molecule has 1 unspecified atom stereocenters. The van der Waals surface area contributed by atoms with Crippen molar-refractivity contribution in [1.29, 1.82) is 0 Å². The van der Waals surface area contributed by atoms with E-state index >= 15 is 0 Å². The molecule has 0 aromatic carbocycles. The fourth-order valence-electron chi connectivity index (χ4n) is 2.64. The third kappa shape index (κ3) is 5.31. The summed E-state index contributed by atoms with van der Waals surface area (Å²) in [4.78, 5) is 0. The highest BCUT2D eigenvalue weighted by Gasteiger charge is 2.15. The largest absolute Gasteiger partial charge is 0.383 e. The second-order valence-corrected chi connectivity index (χ2v) is 5.55. The van der Waals surface area contributed by atoms with Crippen LogP contribution in [0.25, 0.3) is 0 Å². The van der Waals surface area contributed by atoms with E-state index < -0.39 is 0 Å². The van der Waals surface area contributed by atoms with E-state index in [-0.39, 0.29) is 0 Å². The van der Waals surface area contributed by atoms with E-state index in [1.54, 1.807) is 7.11 Å². The lowest BCUT2D eigenvalue weighted by Crippen LogP contribution is -2.38. The summed E-state index contributed by atoms with van der Waals surface area (Å²) in [6.07, 6.45) is 8.65. The molecule has 0 bridgehead atoms. The van der Waals surface area contributed by atoms with Crippen LogP contribution < -0.4 is 5.32 Å². The highest BCUT2D eigenvalue weighted by Crippen LogP contribution is 2.28. The van der Waals surface area contributed by atoms with Crippen LogP contribution in [0.1, 0.15) is 52.4 Å². The third-order valence-electron chi connectivity index (χ3n) is 3.82. The van der Waals surface area contributed by atoms with Gasteiger partial charge >= 0.3 is 0 Å². The minimum Gasteiger partial charge on any atom is -0.383 e. The minimum atomic E-state index is 0.522. The van der Waals surface area contributed by atoms with Crippen molar-refractivity contribution < 1.29 is 4.74 Å². The maximum absolute atomic E-state index is 5.23. The molecule has 1 aliphatic rings. The minimum absolute atomic E-state index is 0.522. The predicted octanol–water partition coefficient (Wildman–Crippen LogP) is 3.22. The Bertz CT molecular complexity index is 164. The van der Waals surface area contributed by atoms with Crippen molar-refractivity contribution in [2.75, 3.05) is 20.3 Å². The first-order valence-electron chi connectivity index (χ1n) is 6.96. The summed E-state index contributed by atoms with van der Waals surface area (Å²) < 4.78 is 5.23. The molecule has 0 aromatic heterocycles. The molecule has 1 aliphatic carbocycles. The van der Waals surface area contributed by atoms with Crippen molar-refractivity contribution in [3.8, 4) is 0 Å². The number of hydrogen-bond acceptors (Lipinski definition) is 2. The van der Waals surface area contributed by atoms with Gasteiger partial charge in [-0.05, 0) is 31.2 Å². The molecule has 1 saturated carbocycles. The van der Waals surface area contributed by atoms with Gasteiger partial charge in [0.15, 0.2) is 0 Å². The zero-order valence-corrected chi connectivity index (χ0v) is 11.3. The Morgan fingerprint density at radius 1 is 1.25 bits per heavy atom. The van der Waals surface area contributed by atoms with Crippen molar-refractivity contribution in [3.63, 3.8) is 0 Å². The van der Waals surface area contributed by atoms with Crippen LogP contribution >= 0.6 is 0 Å². The van der Waals surface area contributed by atoms with Crippen LogP contribution in [-0.2, 0) is 4.74 Å². The van der Waals surface area contributed by atoms with Gasteiger partial charge in [-0.2, -0.15) is 0 Å². The summed E-state index contributed by atoms with van der Waals surface area (Å²) in [6, 6.07) is 0.522. The maximum Gasteiger partial charge on any atom is 0.0618 e. The molecule has 2 heteroatoms. The molecule has 2 nitrogen and oxygen atoms in total. The second-order valence-electron chi connectivity index (χ2n) is 5.55. The van der Waals surface area contributed by atoms with E-state index in [9.17, 15) is 0 Å². The van der Waals surface area contributed by atoms with Gasteiger partial charge in [0, 0.05) is 13.2 Å². The van der Waals surface area contributed by atoms with E-state index in [0.29, 0.717) is 12.0 Å². The molecule has 0 heterocycles. The monoisotopic (exact) mass is 227 g/mol. The molecular formula is C14H29NO. The number of nitrogens with one attached hydrogen (secondary N) is 1. The smallest absolute Gasteiger partial charge is 0.0618 e. The zero-order valence-electron chi connectivity index (χ0n) is 11.3. The lowest BCUT2D eigenvalue weighted by Gasteiger charge is -2.21. The molecule has 1 rings (SSSR count). The van der Waals surface area contributed by atoms with E-state index in [2.05, 4.69) is 19.2 Å². The Kier molecular flexibility index (Phi) is 7.06. The first kappa shape index (κ1) is 14.0. The van der Waals surface area contributed by atoms with Crippen molar-refractivity contribution in [1.82, 2.24) is 5.32 Å². The highest BCUT2D eigenvalue weighted by atomic mass is 16.5. The summed E-state index contributed by atoms with van der Waals surface area (Å²) in [6.45, 7) is 6.51. The molecule has 1 N–H and O–H groups in total. The van der Waals surface area contributed by atoms with Gasteiger partial charge in [0.25, 0.3) is 0 Å². The first-order valence-corrected chi connectivity index (χ1v) is 6.96. The second kappa shape index (κ2) is 8.08. The standard InChI is InChI=1S/C14H29NO/c1-12(2)14(11-16-3)15-10-6-9-13-7-4-5-8-13/h12-15H,4-11H2,1-3H3. The summed E-state index contributed by atoms with van der Waals surface area (Å²) in [7, 11) is 1.79. The predicted molar refractivity (Wildman–Crippen MR) is 69.7 cm³/mol. The molecule has 16 heavy (non-hydrogen) atoms. The van der Waals surface area contributed by atoms with Gasteiger partial charge in [-0.25, -0.2) is 0 Å². The van der Waals surface area contributed by atoms with Crippen molar-refractivity contribution in [2.45, 2.75) is 58.4 Å². The normalized spacial score (nSPS) is 19.5. The summed E-state index contributed by atoms with van der Waals surface area (Å²) in [5.41, 5.74) is 0. The number of hydrogen-bond donors (Lipinski definition) is 1. The van der Waals surface area contributed by atoms with Crippen LogP contribution in [0.15, 0.2) is 0 Å². The Hall–Kier alpha value is -0.0800. The van der Waals surface area contributed by atoms with Crippen LogP contribution in [0.4, 0.5) is 0 Å². The van der Waals surface area contributed by atoms with E-state index in [0.717, 1.165) is 19.1 Å². The maximum atomic E-state index is 5.23. The number of ether oxygens (including phenoxy) is 1. The van der Waals surface area contributed by atoms with Gasteiger partial charge < -0.3 is 10.1 Å². The number of rotatable bonds is 8. The molecule has 0 radical (unpaired) electrons. The SMILES string of the molecule is COCC(NCCCC1CCCC1)C(C)C. The molecule has 1 fully saturated rings. The third-order valence-corrected chi connectivity index (χ3v) is 3.82. The lowest BCUT2D eigenvalue weighted by molar-refractivity contribution is 0.147. The van der Waals surface area contributed by atoms with Gasteiger partial charge in [0.05, 0.1) is 6.61 Å². The van der Waals surface area contributed by atoms with Crippen molar-refractivity contribution >= 4 is 0 Å². The van der Waals surface area contributed by atoms with Gasteiger partial charge in [-0.15, -0.1) is 0 Å². The molecular weight excluding hydrogens is 198 g/mol. The Morgan fingerprint density at radius 2 is 1.94 bits per heavy atom. The summed E-state index contributed by atoms with van der Waals surface area (Å²) in [5, 5.41) is 3.62. The Labute approximate surface area is 101 Å². The average Bonchev–Trinajstić information content (AvgIpc) is 2.75. The van der Waals surface area contributed by atoms with E-state index in [1.807, 2.05) is 0 Å². The molecule has 0 spiro atoms. The van der Waals surface area contributed by atoms with Gasteiger partial charge in [-0.1, -0.05) is 39.5 Å². The topological polar surface area (TPSA) is 21.3 Å². The number of methoxy groups -OCH3 is 1. The lowest BCUT2D eigenvalue weighted by atomic mass is 10.0. The van der Waals surface area contributed by atoms with Crippen LogP contribution in [0.3, 0.4) is 0 Å². The van der Waals surface area contributed by atoms with Crippen molar-refractivity contribution in [2.24, 2.45) is 11.8 Å². The molecule has 0 aliphatic heterocycles. The fourth-order valence-corrected chi connectivity index (χ4v) is 2.64. The van der Waals surface area contributed by atoms with Crippen molar-refractivity contribution in [3.05, 3.63) is 0 Å². The van der Waals surface area contributed by atoms with E-state index in [4.69, 9.17) is 4.74 Å². The van der Waals surface area contributed by atoms with Crippen LogP contribution in [-0.4, -0.2) is 26.3 Å². The van der Waals surface area contributed by atoms with Gasteiger partial charge in [-0.3, -0.25) is 0 Å². The van der Waals surface area contributed by atoms with Crippen LogP contribution in [0.5, 0.6) is 0 Å². The Balaban J connectivity index is 2.03. The molecule has 0 aromatic rings. The summed E-state index contributed by atoms with van der Waals surface area (Å²) >= 11 is 0. The fraction of sp³-hybridized carbons (Fsp3) is 1.00. The van der Waals surface area contributed by atoms with Crippen LogP contribution in [0, 0.1) is 11.8 Å². The molecule has 1 atom stereocenters. The molecule has 0 saturated heterocycles. The molecule has 96 valence electrons. The average molecular weight is 227 g/mol. The van der Waals surface area contributed by atoms with Gasteiger partial charge in [0.1, 0.15) is 0 Å². The van der Waals surface area contributed by atoms with Gasteiger partial charge in [0.2, 0.25) is 0 Å². The van der Waals surface area contributed by atoms with E-state index in [1.165, 1.54) is 38.5 Å².